The van der Waals surface area contributed by atoms with Gasteiger partial charge in [-0.25, -0.2) is 4.79 Å². The van der Waals surface area contributed by atoms with Crippen LogP contribution in [-0.2, 0) is 0 Å². The number of benzene rings is 1. The summed E-state index contributed by atoms with van der Waals surface area (Å²) in [5.74, 6) is -0.900. The topological polar surface area (TPSA) is 63.3 Å². The van der Waals surface area contributed by atoms with Crippen LogP contribution in [0.3, 0.4) is 0 Å². The van der Waals surface area contributed by atoms with Crippen molar-refractivity contribution in [2.45, 2.75) is 6.92 Å². The molecule has 0 unspecified atom stereocenters. The molecule has 0 bridgehead atoms. The fraction of sp³-hybridized carbons (Fsp3) is 0.100. The minimum absolute atomic E-state index is 0.331. The van der Waals surface area contributed by atoms with E-state index in [-0.39, 0.29) is 0 Å². The Balaban J connectivity index is 2.77. The molecule has 0 saturated carbocycles. The van der Waals surface area contributed by atoms with E-state index in [1.54, 1.807) is 6.07 Å². The molecule has 0 fully saturated rings. The molecule has 14 heavy (non-hydrogen) atoms. The molecule has 0 atom stereocenters. The van der Waals surface area contributed by atoms with Gasteiger partial charge in [-0.05, 0) is 24.6 Å². The van der Waals surface area contributed by atoms with E-state index in [1.165, 1.54) is 11.3 Å². The summed E-state index contributed by atoms with van der Waals surface area (Å²) < 4.78 is 0.922. The molecule has 1 aromatic heterocycles. The zero-order valence-corrected chi connectivity index (χ0v) is 8.39. The van der Waals surface area contributed by atoms with E-state index in [0.29, 0.717) is 10.6 Å². The molecule has 3 nitrogen and oxygen atoms in total. The lowest BCUT2D eigenvalue weighted by atomic mass is 10.1. The third kappa shape index (κ3) is 1.24. The van der Waals surface area contributed by atoms with Gasteiger partial charge in [0.1, 0.15) is 4.88 Å². The number of anilines is 1. The van der Waals surface area contributed by atoms with Gasteiger partial charge in [0.2, 0.25) is 0 Å². The number of aryl methyl sites for hydroxylation is 1. The van der Waals surface area contributed by atoms with Crippen molar-refractivity contribution in [1.29, 1.82) is 0 Å². The second-order valence-corrected chi connectivity index (χ2v) is 4.21. The predicted octanol–water partition coefficient (Wildman–Crippen LogP) is 2.49. The van der Waals surface area contributed by atoms with Gasteiger partial charge in [-0.3, -0.25) is 0 Å². The van der Waals surface area contributed by atoms with Gasteiger partial charge in [-0.1, -0.05) is 6.07 Å². The maximum atomic E-state index is 10.7. The second kappa shape index (κ2) is 2.99. The van der Waals surface area contributed by atoms with Crippen LogP contribution >= 0.6 is 11.3 Å². The standard InChI is InChI=1S/C10H9NO2S/c1-5-2-3-7-6(9(5)11)4-8(14-7)10(12)13/h2-4H,11H2,1H3,(H,12,13). The number of carboxylic acid groups (broad SMARTS) is 1. The number of nitrogens with two attached hydrogens (primary N) is 1. The van der Waals surface area contributed by atoms with Crippen molar-refractivity contribution < 1.29 is 9.90 Å². The number of fused-ring (bicyclic) bond motifs is 1. The molecular formula is C10H9NO2S. The highest BCUT2D eigenvalue weighted by atomic mass is 32.1. The van der Waals surface area contributed by atoms with Crippen molar-refractivity contribution in [2.24, 2.45) is 0 Å². The molecule has 0 aliphatic carbocycles. The Morgan fingerprint density at radius 3 is 2.86 bits per heavy atom. The van der Waals surface area contributed by atoms with Crippen LogP contribution < -0.4 is 5.73 Å². The number of carbonyl (C=O) groups is 1. The smallest absolute Gasteiger partial charge is 0.345 e. The summed E-state index contributed by atoms with van der Waals surface area (Å²) >= 11 is 1.25. The highest BCUT2D eigenvalue weighted by molar-refractivity contribution is 7.20. The van der Waals surface area contributed by atoms with Crippen LogP contribution in [-0.4, -0.2) is 11.1 Å². The van der Waals surface area contributed by atoms with E-state index >= 15 is 0 Å². The molecule has 0 aliphatic heterocycles. The highest BCUT2D eigenvalue weighted by Gasteiger charge is 2.10. The Labute approximate surface area is 84.8 Å². The number of thiophene rings is 1. The second-order valence-electron chi connectivity index (χ2n) is 3.12. The zero-order chi connectivity index (χ0) is 10.3. The van der Waals surface area contributed by atoms with Crippen molar-refractivity contribution in [3.05, 3.63) is 28.6 Å². The van der Waals surface area contributed by atoms with Crippen molar-refractivity contribution in [1.82, 2.24) is 0 Å². The summed E-state index contributed by atoms with van der Waals surface area (Å²) in [6.07, 6.45) is 0. The molecule has 3 N–H and O–H groups in total. The Morgan fingerprint density at radius 2 is 2.21 bits per heavy atom. The summed E-state index contributed by atoms with van der Waals surface area (Å²) in [6, 6.07) is 5.43. The molecule has 0 saturated heterocycles. The lowest BCUT2D eigenvalue weighted by Gasteiger charge is -1.99. The van der Waals surface area contributed by atoms with Crippen molar-refractivity contribution >= 4 is 33.1 Å². The van der Waals surface area contributed by atoms with E-state index in [1.807, 2.05) is 19.1 Å². The molecule has 0 spiro atoms. The van der Waals surface area contributed by atoms with Crippen LogP contribution in [0.1, 0.15) is 15.2 Å². The Hall–Kier alpha value is -1.55. The molecular weight excluding hydrogens is 198 g/mol. The maximum absolute atomic E-state index is 10.7. The first-order valence-corrected chi connectivity index (χ1v) is 4.93. The van der Waals surface area contributed by atoms with E-state index in [0.717, 1.165) is 15.6 Å². The van der Waals surface area contributed by atoms with Crippen molar-refractivity contribution in [3.8, 4) is 0 Å². The molecule has 2 rings (SSSR count). The average molecular weight is 207 g/mol. The van der Waals surface area contributed by atoms with Crippen molar-refractivity contribution in [3.63, 3.8) is 0 Å². The normalized spacial score (nSPS) is 10.6. The molecule has 1 aromatic carbocycles. The summed E-state index contributed by atoms with van der Waals surface area (Å²) in [5.41, 5.74) is 7.50. The van der Waals surface area contributed by atoms with E-state index in [9.17, 15) is 4.79 Å². The molecule has 0 radical (unpaired) electrons. The van der Waals surface area contributed by atoms with Crippen LogP contribution in [0.15, 0.2) is 18.2 Å². The summed E-state index contributed by atoms with van der Waals surface area (Å²) in [7, 11) is 0. The summed E-state index contributed by atoms with van der Waals surface area (Å²) in [6.45, 7) is 1.91. The van der Waals surface area contributed by atoms with Crippen LogP contribution in [0.5, 0.6) is 0 Å². The quantitative estimate of drug-likeness (QED) is 0.706. The molecule has 2 aromatic rings. The third-order valence-corrected chi connectivity index (χ3v) is 3.26. The fourth-order valence-corrected chi connectivity index (χ4v) is 2.26. The number of carboxylic acids is 1. The summed E-state index contributed by atoms with van der Waals surface area (Å²) in [4.78, 5) is 11.1. The number of rotatable bonds is 1. The Bertz CT molecular complexity index is 516. The van der Waals surface area contributed by atoms with Crippen LogP contribution in [0.2, 0.25) is 0 Å². The van der Waals surface area contributed by atoms with Gasteiger partial charge >= 0.3 is 5.97 Å². The molecule has 72 valence electrons. The van der Waals surface area contributed by atoms with Crippen LogP contribution in [0.4, 0.5) is 5.69 Å². The van der Waals surface area contributed by atoms with E-state index in [4.69, 9.17) is 10.8 Å². The molecule has 4 heteroatoms. The van der Waals surface area contributed by atoms with E-state index < -0.39 is 5.97 Å². The van der Waals surface area contributed by atoms with Crippen LogP contribution in [0.25, 0.3) is 10.1 Å². The van der Waals surface area contributed by atoms with Gasteiger partial charge in [-0.2, -0.15) is 0 Å². The molecule has 0 amide bonds. The Kier molecular flexibility index (Phi) is 1.93. The van der Waals surface area contributed by atoms with E-state index in [2.05, 4.69) is 0 Å². The number of hydrogen-bond donors (Lipinski definition) is 2. The first-order chi connectivity index (χ1) is 6.59. The van der Waals surface area contributed by atoms with Gasteiger partial charge in [0.25, 0.3) is 0 Å². The van der Waals surface area contributed by atoms with Gasteiger partial charge in [0.15, 0.2) is 0 Å². The van der Waals surface area contributed by atoms with Gasteiger partial charge < -0.3 is 10.8 Å². The largest absolute Gasteiger partial charge is 0.477 e. The lowest BCUT2D eigenvalue weighted by molar-refractivity contribution is 0.0702. The number of hydrogen-bond acceptors (Lipinski definition) is 3. The van der Waals surface area contributed by atoms with Gasteiger partial charge in [0.05, 0.1) is 0 Å². The number of nitrogen functional groups attached to an aromatic ring is 1. The SMILES string of the molecule is Cc1ccc2sc(C(=O)O)cc2c1N. The highest BCUT2D eigenvalue weighted by Crippen LogP contribution is 2.31. The van der Waals surface area contributed by atoms with Crippen LogP contribution in [0, 0.1) is 6.92 Å². The first-order valence-electron chi connectivity index (χ1n) is 4.11. The van der Waals surface area contributed by atoms with Crippen molar-refractivity contribution in [2.75, 3.05) is 5.73 Å². The monoisotopic (exact) mass is 207 g/mol. The third-order valence-electron chi connectivity index (χ3n) is 2.17. The first kappa shape index (κ1) is 9.02. The molecule has 0 aliphatic rings. The minimum Gasteiger partial charge on any atom is -0.477 e. The molecule has 1 heterocycles. The predicted molar refractivity (Wildman–Crippen MR) is 57.9 cm³/mol. The van der Waals surface area contributed by atoms with Gasteiger partial charge in [0, 0.05) is 15.8 Å². The average Bonchev–Trinajstić information content (AvgIpc) is 2.56. The fourth-order valence-electron chi connectivity index (χ4n) is 1.35. The number of aromatic carboxylic acids is 1. The maximum Gasteiger partial charge on any atom is 0.345 e. The Morgan fingerprint density at radius 1 is 1.50 bits per heavy atom. The summed E-state index contributed by atoms with van der Waals surface area (Å²) in [5, 5.41) is 9.66. The lowest BCUT2D eigenvalue weighted by Crippen LogP contribution is -1.90. The van der Waals surface area contributed by atoms with Gasteiger partial charge in [-0.15, -0.1) is 11.3 Å². The minimum atomic E-state index is -0.900. The zero-order valence-electron chi connectivity index (χ0n) is 7.57.